The van der Waals surface area contributed by atoms with Crippen LogP contribution in [0.3, 0.4) is 0 Å². The van der Waals surface area contributed by atoms with Crippen LogP contribution in [0.1, 0.15) is 19.4 Å². The number of hydrogen-bond donors (Lipinski definition) is 0. The van der Waals surface area contributed by atoms with Crippen molar-refractivity contribution in [2.45, 2.75) is 32.5 Å². The molecule has 142 valence electrons. The summed E-state index contributed by atoms with van der Waals surface area (Å²) < 4.78 is 32.5. The minimum atomic E-state index is -0.417. The number of hydrogen-bond acceptors (Lipinski definition) is 4. The summed E-state index contributed by atoms with van der Waals surface area (Å²) >= 11 is 0. The summed E-state index contributed by atoms with van der Waals surface area (Å²) in [5, 5.41) is 0. The van der Waals surface area contributed by atoms with Crippen LogP contribution in [0.4, 0.5) is 8.78 Å². The highest BCUT2D eigenvalue weighted by Gasteiger charge is 2.34. The fourth-order valence-electron chi connectivity index (χ4n) is 3.30. The lowest BCUT2D eigenvalue weighted by atomic mass is 10.0. The van der Waals surface area contributed by atoms with Gasteiger partial charge in [-0.1, -0.05) is 24.3 Å². The summed E-state index contributed by atoms with van der Waals surface area (Å²) in [6.45, 7) is 5.21. The number of halogens is 2. The molecule has 0 spiro atoms. The van der Waals surface area contributed by atoms with Crippen molar-refractivity contribution in [3.8, 4) is 5.75 Å². The number of piperazine rings is 1. The molecule has 2 aromatic rings. The van der Waals surface area contributed by atoms with Gasteiger partial charge in [0.25, 0.3) is 0 Å². The highest BCUT2D eigenvalue weighted by Crippen LogP contribution is 2.26. The van der Waals surface area contributed by atoms with Crippen molar-refractivity contribution in [1.82, 2.24) is 9.80 Å². The number of ether oxygens (including phenoxy) is 1. The summed E-state index contributed by atoms with van der Waals surface area (Å²) in [7, 11) is 0. The Kier molecular flexibility index (Phi) is 5.89. The second-order valence-corrected chi connectivity index (χ2v) is 6.74. The van der Waals surface area contributed by atoms with Crippen LogP contribution in [0.15, 0.2) is 54.2 Å². The third-order valence-electron chi connectivity index (χ3n) is 4.88. The molecule has 0 aliphatic carbocycles. The van der Waals surface area contributed by atoms with Crippen LogP contribution in [0.5, 0.6) is 5.75 Å². The molecule has 2 atom stereocenters. The van der Waals surface area contributed by atoms with Gasteiger partial charge in [0.15, 0.2) is 11.6 Å². The maximum absolute atomic E-state index is 13.7. The third kappa shape index (κ3) is 4.35. The van der Waals surface area contributed by atoms with Gasteiger partial charge in [0.2, 0.25) is 0 Å². The summed E-state index contributed by atoms with van der Waals surface area (Å²) in [5.74, 6) is 1.53. The molecule has 1 saturated heterocycles. The molecule has 1 aliphatic heterocycles. The molecule has 0 radical (unpaired) electrons. The minimum absolute atomic E-state index is 0.0203. The van der Waals surface area contributed by atoms with Crippen LogP contribution in [-0.4, -0.2) is 41.1 Å². The van der Waals surface area contributed by atoms with Crippen molar-refractivity contribution in [3.63, 3.8) is 0 Å². The average molecular weight is 372 g/mol. The zero-order chi connectivity index (χ0) is 19.4. The molecule has 0 unspecified atom stereocenters. The average Bonchev–Trinajstić information content (AvgIpc) is 2.66. The SMILES string of the molecule is C[C@@H]1CN(COc2ccccc2F)[C@@H](C)C(=C=O)N1Cc1ccc(F)cc1. The lowest BCUT2D eigenvalue weighted by Crippen LogP contribution is -2.55. The van der Waals surface area contributed by atoms with Gasteiger partial charge in [-0.3, -0.25) is 4.90 Å². The van der Waals surface area contributed by atoms with Crippen LogP contribution in [-0.2, 0) is 11.3 Å². The van der Waals surface area contributed by atoms with Gasteiger partial charge in [0.1, 0.15) is 24.2 Å². The molecule has 0 saturated carbocycles. The van der Waals surface area contributed by atoms with Crippen molar-refractivity contribution < 1.29 is 18.3 Å². The summed E-state index contributed by atoms with van der Waals surface area (Å²) in [5.41, 5.74) is 1.43. The Morgan fingerprint density at radius 1 is 1.11 bits per heavy atom. The number of carbonyl (C=O) groups excluding carboxylic acids is 1. The Labute approximate surface area is 157 Å². The minimum Gasteiger partial charge on any atom is -0.475 e. The molecule has 27 heavy (non-hydrogen) atoms. The second kappa shape index (κ2) is 8.33. The van der Waals surface area contributed by atoms with Crippen molar-refractivity contribution in [1.29, 1.82) is 0 Å². The van der Waals surface area contributed by atoms with Gasteiger partial charge in [-0.05, 0) is 43.7 Å². The van der Waals surface area contributed by atoms with E-state index in [-0.39, 0.29) is 30.4 Å². The zero-order valence-electron chi connectivity index (χ0n) is 15.4. The predicted octanol–water partition coefficient (Wildman–Crippen LogP) is 3.61. The van der Waals surface area contributed by atoms with Gasteiger partial charge < -0.3 is 9.64 Å². The monoisotopic (exact) mass is 372 g/mol. The molecule has 1 aliphatic rings. The normalized spacial score (nSPS) is 20.4. The van der Waals surface area contributed by atoms with Crippen molar-refractivity contribution in [2.24, 2.45) is 0 Å². The van der Waals surface area contributed by atoms with E-state index < -0.39 is 5.82 Å². The molecule has 3 rings (SSSR count). The highest BCUT2D eigenvalue weighted by atomic mass is 19.1. The van der Waals surface area contributed by atoms with Crippen molar-refractivity contribution >= 4 is 5.94 Å². The van der Waals surface area contributed by atoms with E-state index in [0.717, 1.165) is 5.56 Å². The number of rotatable bonds is 5. The maximum Gasteiger partial charge on any atom is 0.165 e. The Hall–Kier alpha value is -2.69. The van der Waals surface area contributed by atoms with Crippen LogP contribution in [0.25, 0.3) is 0 Å². The molecule has 6 heteroatoms. The van der Waals surface area contributed by atoms with Crippen molar-refractivity contribution in [2.75, 3.05) is 13.3 Å². The molecule has 1 heterocycles. The largest absolute Gasteiger partial charge is 0.475 e. The van der Waals surface area contributed by atoms with E-state index in [0.29, 0.717) is 18.8 Å². The Morgan fingerprint density at radius 3 is 2.48 bits per heavy atom. The smallest absolute Gasteiger partial charge is 0.165 e. The summed E-state index contributed by atoms with van der Waals surface area (Å²) in [4.78, 5) is 15.6. The van der Waals surface area contributed by atoms with Gasteiger partial charge >= 0.3 is 0 Å². The fourth-order valence-corrected chi connectivity index (χ4v) is 3.30. The van der Waals surface area contributed by atoms with E-state index in [2.05, 4.69) is 5.94 Å². The molecule has 0 amide bonds. The van der Waals surface area contributed by atoms with Gasteiger partial charge in [-0.25, -0.2) is 13.6 Å². The molecule has 2 aromatic carbocycles. The molecule has 0 N–H and O–H groups in total. The Balaban J connectivity index is 1.70. The van der Waals surface area contributed by atoms with E-state index in [4.69, 9.17) is 4.74 Å². The first-order valence-corrected chi connectivity index (χ1v) is 8.87. The van der Waals surface area contributed by atoms with E-state index in [1.807, 2.05) is 23.6 Å². The molecular formula is C21H22F2N2O2. The quantitative estimate of drug-likeness (QED) is 0.751. The van der Waals surface area contributed by atoms with E-state index in [1.165, 1.54) is 18.2 Å². The zero-order valence-corrected chi connectivity index (χ0v) is 15.4. The van der Waals surface area contributed by atoms with Crippen LogP contribution in [0, 0.1) is 11.6 Å². The van der Waals surface area contributed by atoms with Gasteiger partial charge in [-0.15, -0.1) is 0 Å². The fraction of sp³-hybridized carbons (Fsp3) is 0.333. The first kappa shape index (κ1) is 19.1. The molecule has 0 bridgehead atoms. The highest BCUT2D eigenvalue weighted by molar-refractivity contribution is 5.54. The third-order valence-corrected chi connectivity index (χ3v) is 4.88. The Morgan fingerprint density at radius 2 is 1.81 bits per heavy atom. The summed E-state index contributed by atoms with van der Waals surface area (Å²) in [6.07, 6.45) is 0. The van der Waals surface area contributed by atoms with E-state index in [1.54, 1.807) is 30.3 Å². The number of benzene rings is 2. The van der Waals surface area contributed by atoms with Crippen LogP contribution >= 0.6 is 0 Å². The summed E-state index contributed by atoms with van der Waals surface area (Å²) in [6, 6.07) is 12.3. The number of para-hydroxylation sites is 1. The van der Waals surface area contributed by atoms with Crippen LogP contribution < -0.4 is 4.74 Å². The molecular weight excluding hydrogens is 350 g/mol. The first-order valence-electron chi connectivity index (χ1n) is 8.87. The van der Waals surface area contributed by atoms with E-state index >= 15 is 0 Å². The van der Waals surface area contributed by atoms with Gasteiger partial charge in [-0.2, -0.15) is 0 Å². The lowest BCUT2D eigenvalue weighted by molar-refractivity contribution is 0.0272. The Bertz CT molecular complexity index is 834. The van der Waals surface area contributed by atoms with Gasteiger partial charge in [0, 0.05) is 19.1 Å². The lowest BCUT2D eigenvalue weighted by Gasteiger charge is -2.45. The standard InChI is InChI=1S/C21H22F2N2O2/c1-15-11-24(14-27-21-6-4-3-5-19(21)23)16(2)20(13-26)25(15)12-17-7-9-18(22)10-8-17/h3-10,15-16H,11-12,14H2,1-2H3/t15-,16+/m1/s1. The van der Waals surface area contributed by atoms with Crippen LogP contribution in [0.2, 0.25) is 0 Å². The van der Waals surface area contributed by atoms with Gasteiger partial charge in [0.05, 0.1) is 6.04 Å². The first-order chi connectivity index (χ1) is 13.0. The topological polar surface area (TPSA) is 32.8 Å². The second-order valence-electron chi connectivity index (χ2n) is 6.74. The number of nitrogens with zero attached hydrogens (tertiary/aromatic N) is 2. The molecule has 1 fully saturated rings. The molecule has 4 nitrogen and oxygen atoms in total. The van der Waals surface area contributed by atoms with E-state index in [9.17, 15) is 13.6 Å². The maximum atomic E-state index is 13.7. The van der Waals surface area contributed by atoms with Crippen molar-refractivity contribution in [3.05, 3.63) is 71.4 Å². The predicted molar refractivity (Wildman–Crippen MR) is 98.7 cm³/mol. The molecule has 0 aromatic heterocycles.